The smallest absolute Gasteiger partial charge is 0.337 e. The first-order valence-electron chi connectivity index (χ1n) is 7.46. The highest BCUT2D eigenvalue weighted by Crippen LogP contribution is 2.22. The zero-order valence-electron chi connectivity index (χ0n) is 13.3. The predicted molar refractivity (Wildman–Crippen MR) is 99.6 cm³/mol. The molecule has 0 aliphatic heterocycles. The maximum absolute atomic E-state index is 12.1. The fourth-order valence-corrected chi connectivity index (χ4v) is 2.93. The monoisotopic (exact) mass is 388 g/mol. The first-order chi connectivity index (χ1) is 12.5. The van der Waals surface area contributed by atoms with Crippen molar-refractivity contribution in [2.45, 2.75) is 5.16 Å². The normalized spacial score (nSPS) is 10.5. The summed E-state index contributed by atoms with van der Waals surface area (Å²) in [5, 5.41) is 19.1. The largest absolute Gasteiger partial charge is 0.478 e. The molecule has 9 heteroatoms. The maximum Gasteiger partial charge on any atom is 0.337 e. The zero-order chi connectivity index (χ0) is 18.5. The van der Waals surface area contributed by atoms with E-state index in [2.05, 4.69) is 20.5 Å². The van der Waals surface area contributed by atoms with Crippen LogP contribution in [-0.2, 0) is 4.79 Å². The van der Waals surface area contributed by atoms with Crippen molar-refractivity contribution in [2.75, 3.05) is 11.1 Å². The molecule has 0 unspecified atom stereocenters. The number of hydrogen-bond donors (Lipinski definition) is 3. The number of hydrogen-bond acceptors (Lipinski definition) is 5. The molecule has 0 bridgehead atoms. The van der Waals surface area contributed by atoms with E-state index < -0.39 is 5.97 Å². The Morgan fingerprint density at radius 3 is 2.69 bits per heavy atom. The van der Waals surface area contributed by atoms with Gasteiger partial charge in [-0.1, -0.05) is 53.7 Å². The Balaban J connectivity index is 1.59. The molecule has 1 aromatic heterocycles. The van der Waals surface area contributed by atoms with Crippen LogP contribution in [0.25, 0.3) is 11.4 Å². The second-order valence-corrected chi connectivity index (χ2v) is 6.52. The molecule has 0 fully saturated rings. The molecule has 3 rings (SSSR count). The molecule has 2 aromatic carbocycles. The summed E-state index contributed by atoms with van der Waals surface area (Å²) in [5.41, 5.74) is 1.19. The van der Waals surface area contributed by atoms with Gasteiger partial charge >= 0.3 is 5.97 Å². The summed E-state index contributed by atoms with van der Waals surface area (Å²) in [6.45, 7) is 0. The number of aromatic carboxylic acids is 1. The molecule has 3 aromatic rings. The van der Waals surface area contributed by atoms with E-state index in [0.717, 1.165) is 5.56 Å². The van der Waals surface area contributed by atoms with E-state index in [1.54, 1.807) is 0 Å². The van der Waals surface area contributed by atoms with E-state index in [4.69, 9.17) is 16.7 Å². The number of halogens is 1. The topological polar surface area (TPSA) is 108 Å². The number of aromatic nitrogens is 3. The van der Waals surface area contributed by atoms with Crippen molar-refractivity contribution >= 4 is 40.9 Å². The van der Waals surface area contributed by atoms with Crippen molar-refractivity contribution in [3.05, 3.63) is 59.1 Å². The van der Waals surface area contributed by atoms with Crippen molar-refractivity contribution in [3.63, 3.8) is 0 Å². The average Bonchev–Trinajstić information content (AvgIpc) is 3.11. The standard InChI is InChI=1S/C17H13ClN4O3S/c18-13-7-6-11(8-12(13)16(24)25)19-14(23)9-26-17-20-15(21-22-17)10-4-2-1-3-5-10/h1-8H,9H2,(H,19,23)(H,24,25)(H,20,21,22). The van der Waals surface area contributed by atoms with Crippen LogP contribution in [0.15, 0.2) is 53.7 Å². The van der Waals surface area contributed by atoms with Crippen molar-refractivity contribution in [2.24, 2.45) is 0 Å². The molecule has 3 N–H and O–H groups in total. The van der Waals surface area contributed by atoms with Crippen molar-refractivity contribution in [3.8, 4) is 11.4 Å². The van der Waals surface area contributed by atoms with Gasteiger partial charge in [-0.2, -0.15) is 0 Å². The summed E-state index contributed by atoms with van der Waals surface area (Å²) in [6, 6.07) is 13.8. The number of anilines is 1. The van der Waals surface area contributed by atoms with Gasteiger partial charge in [0, 0.05) is 11.3 Å². The summed E-state index contributed by atoms with van der Waals surface area (Å²) in [6.07, 6.45) is 0. The molecular formula is C17H13ClN4O3S. The third-order valence-corrected chi connectivity index (χ3v) is 4.50. The van der Waals surface area contributed by atoms with Gasteiger partial charge in [0.1, 0.15) is 0 Å². The fraction of sp³-hybridized carbons (Fsp3) is 0.0588. The van der Waals surface area contributed by atoms with E-state index in [0.29, 0.717) is 16.7 Å². The minimum atomic E-state index is -1.16. The Morgan fingerprint density at radius 2 is 1.96 bits per heavy atom. The van der Waals surface area contributed by atoms with Gasteiger partial charge in [-0.15, -0.1) is 5.10 Å². The van der Waals surface area contributed by atoms with E-state index in [1.165, 1.54) is 30.0 Å². The lowest BCUT2D eigenvalue weighted by atomic mass is 10.2. The molecule has 7 nitrogen and oxygen atoms in total. The van der Waals surface area contributed by atoms with Gasteiger partial charge in [0.05, 0.1) is 16.3 Å². The number of nitrogens with one attached hydrogen (secondary N) is 2. The van der Waals surface area contributed by atoms with Crippen LogP contribution >= 0.6 is 23.4 Å². The Labute approximate surface area is 157 Å². The Bertz CT molecular complexity index is 946. The first-order valence-corrected chi connectivity index (χ1v) is 8.82. The highest BCUT2D eigenvalue weighted by molar-refractivity contribution is 7.99. The van der Waals surface area contributed by atoms with E-state index in [1.807, 2.05) is 30.3 Å². The first kappa shape index (κ1) is 18.0. The Morgan fingerprint density at radius 1 is 1.19 bits per heavy atom. The van der Waals surface area contributed by atoms with Gasteiger partial charge in [0.15, 0.2) is 5.82 Å². The van der Waals surface area contributed by atoms with Crippen LogP contribution in [0.1, 0.15) is 10.4 Å². The molecule has 0 saturated carbocycles. The third-order valence-electron chi connectivity index (χ3n) is 3.33. The van der Waals surface area contributed by atoms with Crippen molar-refractivity contribution in [1.29, 1.82) is 0 Å². The number of carboxylic acids is 1. The van der Waals surface area contributed by atoms with Crippen LogP contribution in [0, 0.1) is 0 Å². The number of benzene rings is 2. The van der Waals surface area contributed by atoms with Crippen LogP contribution in [0.5, 0.6) is 0 Å². The van der Waals surface area contributed by atoms with Crippen LogP contribution in [0.3, 0.4) is 0 Å². The molecule has 1 heterocycles. The van der Waals surface area contributed by atoms with E-state index in [-0.39, 0.29) is 22.2 Å². The van der Waals surface area contributed by atoms with Crippen LogP contribution in [0.4, 0.5) is 5.69 Å². The highest BCUT2D eigenvalue weighted by atomic mass is 35.5. The summed E-state index contributed by atoms with van der Waals surface area (Å²) in [5.74, 6) is -0.761. The number of nitrogens with zero attached hydrogens (tertiary/aromatic N) is 2. The molecule has 1 amide bonds. The SMILES string of the molecule is O=C(CSc1n[nH]c(-c2ccccc2)n1)Nc1ccc(Cl)c(C(=O)O)c1. The lowest BCUT2D eigenvalue weighted by molar-refractivity contribution is -0.113. The van der Waals surface area contributed by atoms with Gasteiger partial charge in [0.25, 0.3) is 0 Å². The number of amides is 1. The Hall–Kier alpha value is -2.84. The molecule has 0 aliphatic carbocycles. The number of carboxylic acid groups (broad SMARTS) is 1. The van der Waals surface area contributed by atoms with Gasteiger partial charge < -0.3 is 10.4 Å². The van der Waals surface area contributed by atoms with Crippen LogP contribution in [0.2, 0.25) is 5.02 Å². The lowest BCUT2D eigenvalue weighted by Crippen LogP contribution is -2.14. The Kier molecular flexibility index (Phi) is 5.55. The fourth-order valence-electron chi connectivity index (χ4n) is 2.13. The van der Waals surface area contributed by atoms with Crippen LogP contribution in [-0.4, -0.2) is 37.9 Å². The number of rotatable bonds is 6. The van der Waals surface area contributed by atoms with Gasteiger partial charge in [0.2, 0.25) is 11.1 Å². The molecule has 132 valence electrons. The number of carbonyl (C=O) groups excluding carboxylic acids is 1. The van der Waals surface area contributed by atoms with Gasteiger partial charge in [-0.05, 0) is 18.2 Å². The maximum atomic E-state index is 12.1. The summed E-state index contributed by atoms with van der Waals surface area (Å²) < 4.78 is 0. The molecule has 0 atom stereocenters. The third kappa shape index (κ3) is 4.41. The highest BCUT2D eigenvalue weighted by Gasteiger charge is 2.12. The zero-order valence-corrected chi connectivity index (χ0v) is 14.8. The molecule has 0 radical (unpaired) electrons. The summed E-state index contributed by atoms with van der Waals surface area (Å²) >= 11 is 6.97. The van der Waals surface area contributed by atoms with Crippen molar-refractivity contribution < 1.29 is 14.7 Å². The quantitative estimate of drug-likeness (QED) is 0.557. The number of aromatic amines is 1. The van der Waals surface area contributed by atoms with Crippen molar-refractivity contribution in [1.82, 2.24) is 15.2 Å². The molecule has 0 saturated heterocycles. The predicted octanol–water partition coefficient (Wildman–Crippen LogP) is 3.55. The second-order valence-electron chi connectivity index (χ2n) is 5.17. The minimum absolute atomic E-state index is 0.0707. The minimum Gasteiger partial charge on any atom is -0.478 e. The summed E-state index contributed by atoms with van der Waals surface area (Å²) in [7, 11) is 0. The molecular weight excluding hydrogens is 376 g/mol. The van der Waals surface area contributed by atoms with E-state index in [9.17, 15) is 9.59 Å². The molecule has 0 aliphatic rings. The number of thioether (sulfide) groups is 1. The molecule has 26 heavy (non-hydrogen) atoms. The molecule has 0 spiro atoms. The second kappa shape index (κ2) is 8.03. The number of H-pyrrole nitrogens is 1. The number of carbonyl (C=O) groups is 2. The lowest BCUT2D eigenvalue weighted by Gasteiger charge is -2.06. The van der Waals surface area contributed by atoms with E-state index >= 15 is 0 Å². The van der Waals surface area contributed by atoms with Gasteiger partial charge in [-0.3, -0.25) is 9.89 Å². The average molecular weight is 389 g/mol. The van der Waals surface area contributed by atoms with Gasteiger partial charge in [-0.25, -0.2) is 9.78 Å². The van der Waals surface area contributed by atoms with Crippen LogP contribution < -0.4 is 5.32 Å². The summed E-state index contributed by atoms with van der Waals surface area (Å²) in [4.78, 5) is 27.4.